The first-order valence-corrected chi connectivity index (χ1v) is 11.6. The van der Waals surface area contributed by atoms with Gasteiger partial charge in [0.05, 0.1) is 19.8 Å². The highest BCUT2D eigenvalue weighted by atomic mass is 16.7. The van der Waals surface area contributed by atoms with E-state index in [0.29, 0.717) is 0 Å². The van der Waals surface area contributed by atoms with Gasteiger partial charge in [0.15, 0.2) is 18.9 Å². The van der Waals surface area contributed by atoms with Crippen molar-refractivity contribution in [3.8, 4) is 0 Å². The van der Waals surface area contributed by atoms with Crippen LogP contribution in [0.1, 0.15) is 6.92 Å². The van der Waals surface area contributed by atoms with Gasteiger partial charge in [0.2, 0.25) is 5.91 Å². The number of carbonyl (C=O) groups excluding carboxylic acids is 1. The third-order valence-electron chi connectivity index (χ3n) is 6.48. The van der Waals surface area contributed by atoms with E-state index in [9.17, 15) is 55.9 Å². The maximum Gasteiger partial charge on any atom is 0.217 e. The molecule has 3 fully saturated rings. The molecule has 0 aliphatic carbocycles. The van der Waals surface area contributed by atoms with E-state index in [1.165, 1.54) is 0 Å². The summed E-state index contributed by atoms with van der Waals surface area (Å²) in [5, 5.41) is 103. The Balaban J connectivity index is 1.78. The Labute approximate surface area is 210 Å². The molecule has 37 heavy (non-hydrogen) atoms. The van der Waals surface area contributed by atoms with Gasteiger partial charge in [-0.05, 0) is 0 Å². The first-order chi connectivity index (χ1) is 17.4. The lowest BCUT2D eigenvalue weighted by atomic mass is 9.95. The van der Waals surface area contributed by atoms with Gasteiger partial charge in [-0.2, -0.15) is 0 Å². The number of hydrogen-bond acceptors (Lipinski definition) is 16. The molecule has 216 valence electrons. The first kappa shape index (κ1) is 30.4. The van der Waals surface area contributed by atoms with E-state index < -0.39 is 118 Å². The molecule has 0 aromatic rings. The summed E-state index contributed by atoms with van der Waals surface area (Å²) in [5.74, 6) is -0.644. The summed E-state index contributed by atoms with van der Waals surface area (Å²) in [7, 11) is 0. The second kappa shape index (κ2) is 12.8. The lowest BCUT2D eigenvalue weighted by molar-refractivity contribution is -0.353. The summed E-state index contributed by atoms with van der Waals surface area (Å²) in [4.78, 5) is 11.6. The Bertz CT molecular complexity index is 743. The van der Waals surface area contributed by atoms with Crippen LogP contribution in [0.3, 0.4) is 0 Å². The van der Waals surface area contributed by atoms with Crippen LogP contribution in [0.25, 0.3) is 0 Å². The van der Waals surface area contributed by atoms with Crippen LogP contribution in [0.15, 0.2) is 0 Å². The number of aliphatic hydroxyl groups excluding tert-OH is 10. The zero-order chi connectivity index (χ0) is 27.6. The fourth-order valence-corrected chi connectivity index (χ4v) is 4.36. The van der Waals surface area contributed by atoms with Gasteiger partial charge in [0.1, 0.15) is 73.2 Å². The second-order valence-corrected chi connectivity index (χ2v) is 9.11. The van der Waals surface area contributed by atoms with Crippen LogP contribution >= 0.6 is 0 Å². The highest BCUT2D eigenvalue weighted by Crippen LogP contribution is 2.30. The molecule has 0 aromatic carbocycles. The molecule has 0 aromatic heterocycles. The first-order valence-electron chi connectivity index (χ1n) is 11.6. The van der Waals surface area contributed by atoms with Crippen LogP contribution in [0.5, 0.6) is 0 Å². The molecular weight excluding hydrogens is 510 g/mol. The van der Waals surface area contributed by atoms with E-state index in [0.717, 1.165) is 6.92 Å². The smallest absolute Gasteiger partial charge is 0.217 e. The molecule has 0 bridgehead atoms. The second-order valence-electron chi connectivity index (χ2n) is 9.11. The monoisotopic (exact) mass is 545 g/mol. The van der Waals surface area contributed by atoms with Gasteiger partial charge in [-0.25, -0.2) is 0 Å². The number of rotatable bonds is 8. The predicted molar refractivity (Wildman–Crippen MR) is 113 cm³/mol. The number of hydrogen-bond donors (Lipinski definition) is 11. The highest BCUT2D eigenvalue weighted by Gasteiger charge is 2.52. The molecule has 0 spiro atoms. The van der Waals surface area contributed by atoms with Crippen molar-refractivity contribution in [2.45, 2.75) is 99.0 Å². The highest BCUT2D eigenvalue weighted by molar-refractivity contribution is 5.73. The third-order valence-corrected chi connectivity index (χ3v) is 6.48. The van der Waals surface area contributed by atoms with Crippen molar-refractivity contribution < 1.29 is 79.5 Å². The average Bonchev–Trinajstić information content (AvgIpc) is 2.86. The maximum atomic E-state index is 11.6. The molecule has 3 aliphatic heterocycles. The summed E-state index contributed by atoms with van der Waals surface area (Å²) in [6.45, 7) is -0.984. The molecule has 0 radical (unpaired) electrons. The quantitative estimate of drug-likeness (QED) is 0.135. The zero-order valence-electron chi connectivity index (χ0n) is 19.7. The Kier molecular flexibility index (Phi) is 10.5. The minimum atomic E-state index is -1.86. The van der Waals surface area contributed by atoms with E-state index in [-0.39, 0.29) is 0 Å². The zero-order valence-corrected chi connectivity index (χ0v) is 19.7. The van der Waals surface area contributed by atoms with E-state index in [1.54, 1.807) is 0 Å². The third kappa shape index (κ3) is 6.55. The Hall–Kier alpha value is -1.13. The van der Waals surface area contributed by atoms with Crippen LogP contribution < -0.4 is 5.32 Å². The summed E-state index contributed by atoms with van der Waals surface area (Å²) < 4.78 is 27.0. The van der Waals surface area contributed by atoms with Crippen LogP contribution in [0, 0.1) is 0 Å². The van der Waals surface area contributed by atoms with Crippen LogP contribution in [-0.2, 0) is 28.5 Å². The summed E-state index contributed by atoms with van der Waals surface area (Å²) in [6, 6.07) is -1.43. The molecule has 1 amide bonds. The number of aliphatic hydroxyl groups is 10. The van der Waals surface area contributed by atoms with Gasteiger partial charge in [-0.3, -0.25) is 4.79 Å². The van der Waals surface area contributed by atoms with Crippen molar-refractivity contribution in [3.05, 3.63) is 0 Å². The van der Waals surface area contributed by atoms with Crippen molar-refractivity contribution in [3.63, 3.8) is 0 Å². The summed E-state index contributed by atoms with van der Waals surface area (Å²) in [5.41, 5.74) is 0. The van der Waals surface area contributed by atoms with Gasteiger partial charge in [0, 0.05) is 6.92 Å². The fourth-order valence-electron chi connectivity index (χ4n) is 4.36. The van der Waals surface area contributed by atoms with Crippen LogP contribution in [-0.4, -0.2) is 169 Å². The number of carbonyl (C=O) groups is 1. The van der Waals surface area contributed by atoms with Gasteiger partial charge in [0.25, 0.3) is 0 Å². The summed E-state index contributed by atoms with van der Waals surface area (Å²) in [6.07, 6.45) is -23.0. The topological polar surface area (TPSA) is 278 Å². The molecular formula is C20H35NO16. The molecule has 0 unspecified atom stereocenters. The lowest BCUT2D eigenvalue weighted by Crippen LogP contribution is -2.67. The minimum absolute atomic E-state index is 0.619. The number of nitrogens with one attached hydrogen (secondary N) is 1. The molecule has 15 atom stereocenters. The molecule has 3 rings (SSSR count). The molecule has 11 N–H and O–H groups in total. The predicted octanol–water partition coefficient (Wildman–Crippen LogP) is -7.43. The normalized spacial score (nSPS) is 49.0. The maximum absolute atomic E-state index is 11.6. The molecule has 17 heteroatoms. The summed E-state index contributed by atoms with van der Waals surface area (Å²) >= 11 is 0. The SMILES string of the molecule is CC(=O)N[C@@H]1[C@@H](O)[C@H](O[C@@H]2O[C@H](CO)[C@H](O)[C@H](O)[C@H]2O)[C@@H](CO[C@@H]2O[C@H](CO)[C@H](O)[C@H](O)[C@H]2O)O[C@@H]1O. The standard InChI is InChI=1S/C20H35NO16/c1-5(24)21-9-12(27)17(37-20-16(31)14(29)11(26)7(3-23)36-20)8(34-18(9)32)4-33-19-15(30)13(28)10(25)6(2-22)35-19/h6-20,22-23,25-32H,2-4H2,1H3,(H,21,24)/t6-,7-,8-,9-,10+,11+,12-,13+,14+,15-,16-,17-,18+,19-,20+/m1/s1. The molecule has 0 saturated carbocycles. The van der Waals surface area contributed by atoms with Crippen molar-refractivity contribution >= 4 is 5.91 Å². The van der Waals surface area contributed by atoms with Gasteiger partial charge >= 0.3 is 0 Å². The molecule has 3 heterocycles. The van der Waals surface area contributed by atoms with E-state index in [4.69, 9.17) is 23.7 Å². The fraction of sp³-hybridized carbons (Fsp3) is 0.950. The van der Waals surface area contributed by atoms with Crippen LogP contribution in [0.4, 0.5) is 0 Å². The van der Waals surface area contributed by atoms with E-state index in [1.807, 2.05) is 0 Å². The molecule has 3 saturated heterocycles. The van der Waals surface area contributed by atoms with E-state index in [2.05, 4.69) is 5.32 Å². The Morgan fingerprint density at radius 3 is 1.73 bits per heavy atom. The lowest BCUT2D eigenvalue weighted by Gasteiger charge is -2.47. The van der Waals surface area contributed by atoms with Gasteiger partial charge in [-0.15, -0.1) is 0 Å². The van der Waals surface area contributed by atoms with Crippen molar-refractivity contribution in [2.75, 3.05) is 19.8 Å². The van der Waals surface area contributed by atoms with Crippen molar-refractivity contribution in [2.24, 2.45) is 0 Å². The minimum Gasteiger partial charge on any atom is -0.394 e. The number of amides is 1. The van der Waals surface area contributed by atoms with Gasteiger partial charge < -0.3 is 80.1 Å². The van der Waals surface area contributed by atoms with E-state index >= 15 is 0 Å². The van der Waals surface area contributed by atoms with Crippen LogP contribution in [0.2, 0.25) is 0 Å². The van der Waals surface area contributed by atoms with Gasteiger partial charge in [-0.1, -0.05) is 0 Å². The molecule has 3 aliphatic rings. The Morgan fingerprint density at radius 1 is 0.703 bits per heavy atom. The largest absolute Gasteiger partial charge is 0.394 e. The van der Waals surface area contributed by atoms with Crippen molar-refractivity contribution in [1.82, 2.24) is 5.32 Å². The Morgan fingerprint density at radius 2 is 1.22 bits per heavy atom. The number of ether oxygens (including phenoxy) is 5. The molecule has 17 nitrogen and oxygen atoms in total. The average molecular weight is 545 g/mol. The van der Waals surface area contributed by atoms with Crippen molar-refractivity contribution in [1.29, 1.82) is 0 Å².